The third-order valence-electron chi connectivity index (χ3n) is 4.79. The van der Waals surface area contributed by atoms with E-state index in [1.807, 2.05) is 63.2 Å². The summed E-state index contributed by atoms with van der Waals surface area (Å²) >= 11 is 1.33. The van der Waals surface area contributed by atoms with E-state index in [1.165, 1.54) is 11.8 Å². The SMILES string of the molecule is COCCN1C(=O)[C@@H](CC(=O)Nc2ccc(C)cc2C)SC1=Nc1cccc(C)c1. The molecule has 2 aromatic rings. The minimum Gasteiger partial charge on any atom is -0.383 e. The predicted molar refractivity (Wildman–Crippen MR) is 122 cm³/mol. The molecule has 1 heterocycles. The van der Waals surface area contributed by atoms with E-state index in [2.05, 4.69) is 10.3 Å². The molecule has 3 rings (SSSR count). The number of anilines is 1. The smallest absolute Gasteiger partial charge is 0.242 e. The van der Waals surface area contributed by atoms with Gasteiger partial charge in [0.1, 0.15) is 5.25 Å². The normalized spacial score (nSPS) is 17.6. The second-order valence-corrected chi connectivity index (χ2v) is 8.56. The summed E-state index contributed by atoms with van der Waals surface area (Å²) in [6.45, 7) is 6.77. The molecule has 1 fully saturated rings. The average molecular weight is 426 g/mol. The number of ether oxygens (including phenoxy) is 1. The molecular weight excluding hydrogens is 398 g/mol. The van der Waals surface area contributed by atoms with Gasteiger partial charge in [0.05, 0.1) is 18.8 Å². The molecule has 1 saturated heterocycles. The van der Waals surface area contributed by atoms with Crippen molar-refractivity contribution in [2.45, 2.75) is 32.4 Å². The molecule has 30 heavy (non-hydrogen) atoms. The number of nitrogens with one attached hydrogen (secondary N) is 1. The number of amides is 2. The van der Waals surface area contributed by atoms with Gasteiger partial charge >= 0.3 is 0 Å². The summed E-state index contributed by atoms with van der Waals surface area (Å²) in [5.41, 5.74) is 4.79. The van der Waals surface area contributed by atoms with Crippen LogP contribution in [-0.4, -0.2) is 47.4 Å². The van der Waals surface area contributed by atoms with Crippen LogP contribution in [0.15, 0.2) is 47.5 Å². The van der Waals surface area contributed by atoms with Gasteiger partial charge in [-0.05, 0) is 50.1 Å². The number of hydrogen-bond donors (Lipinski definition) is 1. The number of nitrogens with zero attached hydrogens (tertiary/aromatic N) is 2. The lowest BCUT2D eigenvalue weighted by Crippen LogP contribution is -2.35. The van der Waals surface area contributed by atoms with Crippen molar-refractivity contribution in [3.63, 3.8) is 0 Å². The van der Waals surface area contributed by atoms with Gasteiger partial charge in [0.25, 0.3) is 0 Å². The zero-order chi connectivity index (χ0) is 21.7. The summed E-state index contributed by atoms with van der Waals surface area (Å²) in [7, 11) is 1.60. The first-order chi connectivity index (χ1) is 14.4. The highest BCUT2D eigenvalue weighted by Crippen LogP contribution is 2.32. The van der Waals surface area contributed by atoms with Gasteiger partial charge in [-0.15, -0.1) is 0 Å². The van der Waals surface area contributed by atoms with Gasteiger partial charge in [0.2, 0.25) is 11.8 Å². The largest absolute Gasteiger partial charge is 0.383 e. The van der Waals surface area contributed by atoms with E-state index in [0.717, 1.165) is 28.1 Å². The van der Waals surface area contributed by atoms with Crippen molar-refractivity contribution >= 4 is 40.1 Å². The summed E-state index contributed by atoms with van der Waals surface area (Å²) in [5.74, 6) is -0.296. The van der Waals surface area contributed by atoms with Gasteiger partial charge in [0.15, 0.2) is 5.17 Å². The number of aliphatic imine (C=N–C) groups is 1. The standard InChI is InChI=1S/C23H27N3O3S/c1-15-6-5-7-18(13-15)24-23-26(10-11-29-4)22(28)20(30-23)14-21(27)25-19-9-8-16(2)12-17(19)3/h5-9,12-13,20H,10-11,14H2,1-4H3,(H,25,27)/t20-/m1/s1. The molecule has 2 amide bonds. The zero-order valence-corrected chi connectivity index (χ0v) is 18.6. The Morgan fingerprint density at radius 3 is 2.63 bits per heavy atom. The van der Waals surface area contributed by atoms with Crippen LogP contribution in [-0.2, 0) is 14.3 Å². The summed E-state index contributed by atoms with van der Waals surface area (Å²) in [5, 5.41) is 3.03. The molecule has 1 aliphatic heterocycles. The first-order valence-corrected chi connectivity index (χ1v) is 10.7. The van der Waals surface area contributed by atoms with Crippen LogP contribution in [0, 0.1) is 20.8 Å². The first kappa shape index (κ1) is 22.1. The lowest BCUT2D eigenvalue weighted by atomic mass is 10.1. The Labute approximate surface area is 181 Å². The Hall–Kier alpha value is -2.64. The van der Waals surface area contributed by atoms with Crippen LogP contribution < -0.4 is 5.32 Å². The zero-order valence-electron chi connectivity index (χ0n) is 17.8. The summed E-state index contributed by atoms with van der Waals surface area (Å²) in [6, 6.07) is 13.7. The van der Waals surface area contributed by atoms with E-state index in [-0.39, 0.29) is 18.2 Å². The average Bonchev–Trinajstić information content (AvgIpc) is 2.97. The van der Waals surface area contributed by atoms with Crippen LogP contribution in [0.1, 0.15) is 23.1 Å². The van der Waals surface area contributed by atoms with Crippen LogP contribution in [0.4, 0.5) is 11.4 Å². The number of carbonyl (C=O) groups is 2. The third kappa shape index (κ3) is 5.49. The number of methoxy groups -OCH3 is 1. The van der Waals surface area contributed by atoms with Gasteiger partial charge in [-0.1, -0.05) is 41.6 Å². The van der Waals surface area contributed by atoms with E-state index in [4.69, 9.17) is 4.74 Å². The molecule has 1 atom stereocenters. The van der Waals surface area contributed by atoms with E-state index in [1.54, 1.807) is 12.0 Å². The van der Waals surface area contributed by atoms with Gasteiger partial charge < -0.3 is 10.1 Å². The Morgan fingerprint density at radius 1 is 1.17 bits per heavy atom. The minimum atomic E-state index is -0.504. The molecule has 158 valence electrons. The summed E-state index contributed by atoms with van der Waals surface area (Å²) in [6.07, 6.45) is 0.0904. The monoisotopic (exact) mass is 425 g/mol. The molecule has 0 radical (unpaired) electrons. The highest BCUT2D eigenvalue weighted by Gasteiger charge is 2.39. The van der Waals surface area contributed by atoms with Crippen LogP contribution in [0.2, 0.25) is 0 Å². The Morgan fingerprint density at radius 2 is 1.93 bits per heavy atom. The molecule has 0 spiro atoms. The molecule has 0 bridgehead atoms. The second-order valence-electron chi connectivity index (χ2n) is 7.39. The molecule has 1 aliphatic rings. The fourth-order valence-corrected chi connectivity index (χ4v) is 4.43. The van der Waals surface area contributed by atoms with E-state index in [0.29, 0.717) is 18.3 Å². The fraction of sp³-hybridized carbons (Fsp3) is 0.348. The number of amidine groups is 1. The summed E-state index contributed by atoms with van der Waals surface area (Å²) < 4.78 is 5.15. The topological polar surface area (TPSA) is 71.0 Å². The molecule has 0 saturated carbocycles. The van der Waals surface area contributed by atoms with Crippen molar-refractivity contribution in [1.82, 2.24) is 4.90 Å². The molecule has 1 N–H and O–H groups in total. The molecule has 6 nitrogen and oxygen atoms in total. The number of rotatable bonds is 7. The van der Waals surface area contributed by atoms with Crippen molar-refractivity contribution in [2.75, 3.05) is 25.6 Å². The van der Waals surface area contributed by atoms with E-state index in [9.17, 15) is 9.59 Å². The maximum atomic E-state index is 13.0. The van der Waals surface area contributed by atoms with Gasteiger partial charge in [-0.3, -0.25) is 14.5 Å². The number of carbonyl (C=O) groups excluding carboxylic acids is 2. The lowest BCUT2D eigenvalue weighted by Gasteiger charge is -2.16. The quantitative estimate of drug-likeness (QED) is 0.721. The fourth-order valence-electron chi connectivity index (χ4n) is 3.24. The van der Waals surface area contributed by atoms with Crippen molar-refractivity contribution in [3.05, 3.63) is 59.2 Å². The third-order valence-corrected chi connectivity index (χ3v) is 5.97. The number of hydrogen-bond acceptors (Lipinski definition) is 5. The molecule has 7 heteroatoms. The van der Waals surface area contributed by atoms with Crippen LogP contribution in [0.5, 0.6) is 0 Å². The molecule has 0 aromatic heterocycles. The molecule has 2 aromatic carbocycles. The van der Waals surface area contributed by atoms with E-state index < -0.39 is 5.25 Å². The number of aryl methyl sites for hydroxylation is 3. The van der Waals surface area contributed by atoms with E-state index >= 15 is 0 Å². The van der Waals surface area contributed by atoms with Crippen molar-refractivity contribution < 1.29 is 14.3 Å². The van der Waals surface area contributed by atoms with Crippen molar-refractivity contribution in [1.29, 1.82) is 0 Å². The predicted octanol–water partition coefficient (Wildman–Crippen LogP) is 4.22. The highest BCUT2D eigenvalue weighted by molar-refractivity contribution is 8.15. The first-order valence-electron chi connectivity index (χ1n) is 9.87. The Bertz CT molecular complexity index is 974. The second kappa shape index (κ2) is 9.91. The number of benzene rings is 2. The highest BCUT2D eigenvalue weighted by atomic mass is 32.2. The van der Waals surface area contributed by atoms with Crippen LogP contribution in [0.25, 0.3) is 0 Å². The minimum absolute atomic E-state index is 0.0904. The molecular formula is C23H27N3O3S. The summed E-state index contributed by atoms with van der Waals surface area (Å²) in [4.78, 5) is 31.9. The molecule has 0 aliphatic carbocycles. The van der Waals surface area contributed by atoms with Crippen LogP contribution in [0.3, 0.4) is 0 Å². The maximum Gasteiger partial charge on any atom is 0.242 e. The van der Waals surface area contributed by atoms with Crippen molar-refractivity contribution in [3.8, 4) is 0 Å². The lowest BCUT2D eigenvalue weighted by molar-refractivity contribution is -0.128. The van der Waals surface area contributed by atoms with Gasteiger partial charge in [-0.2, -0.15) is 0 Å². The van der Waals surface area contributed by atoms with Crippen molar-refractivity contribution in [2.24, 2.45) is 4.99 Å². The Kier molecular flexibility index (Phi) is 7.29. The Balaban J connectivity index is 1.74. The number of thioether (sulfide) groups is 1. The van der Waals surface area contributed by atoms with Crippen LogP contribution >= 0.6 is 11.8 Å². The van der Waals surface area contributed by atoms with Gasteiger partial charge in [0, 0.05) is 19.2 Å². The van der Waals surface area contributed by atoms with Gasteiger partial charge in [-0.25, -0.2) is 4.99 Å². The maximum absolute atomic E-state index is 13.0. The molecule has 0 unspecified atom stereocenters.